The molecule has 1 saturated heterocycles. The topological polar surface area (TPSA) is 40.6 Å². The number of hydrogen-bond donors (Lipinski definition) is 0. The molecule has 2 unspecified atom stereocenters. The van der Waals surface area contributed by atoms with Crippen molar-refractivity contribution in [1.29, 1.82) is 0 Å². The summed E-state index contributed by atoms with van der Waals surface area (Å²) >= 11 is 0. The summed E-state index contributed by atoms with van der Waals surface area (Å²) in [4.78, 5) is 29.5. The molecule has 4 nitrogen and oxygen atoms in total. The second-order valence-electron chi connectivity index (χ2n) is 8.79. The highest BCUT2D eigenvalue weighted by molar-refractivity contribution is 5.95. The molecular formula is C22H27FN2O2. The number of rotatable bonds is 2. The Morgan fingerprint density at radius 3 is 2.33 bits per heavy atom. The highest BCUT2D eigenvalue weighted by Gasteiger charge is 2.61. The maximum atomic E-state index is 13.9. The summed E-state index contributed by atoms with van der Waals surface area (Å²) < 4.78 is 13.9. The van der Waals surface area contributed by atoms with Gasteiger partial charge in [0.25, 0.3) is 5.91 Å². The van der Waals surface area contributed by atoms with Crippen LogP contribution in [0.25, 0.3) is 0 Å². The van der Waals surface area contributed by atoms with Gasteiger partial charge in [-0.3, -0.25) is 9.59 Å². The second-order valence-corrected chi connectivity index (χ2v) is 8.79. The highest BCUT2D eigenvalue weighted by Crippen LogP contribution is 2.65. The molecule has 4 rings (SSSR count). The molecule has 2 saturated carbocycles. The van der Waals surface area contributed by atoms with E-state index in [0.717, 1.165) is 24.8 Å². The van der Waals surface area contributed by atoms with Crippen LogP contribution < -0.4 is 0 Å². The van der Waals surface area contributed by atoms with E-state index in [1.165, 1.54) is 12.1 Å². The number of amides is 2. The van der Waals surface area contributed by atoms with Crippen molar-refractivity contribution in [3.05, 3.63) is 47.8 Å². The number of piperazine rings is 1. The van der Waals surface area contributed by atoms with E-state index >= 15 is 0 Å². The van der Waals surface area contributed by atoms with Crippen molar-refractivity contribution >= 4 is 11.8 Å². The molecule has 144 valence electrons. The second kappa shape index (κ2) is 6.18. The average Bonchev–Trinajstić information content (AvgIpc) is 3.20. The van der Waals surface area contributed by atoms with E-state index in [2.05, 4.69) is 20.4 Å². The smallest absolute Gasteiger partial charge is 0.256 e. The summed E-state index contributed by atoms with van der Waals surface area (Å²) in [6.07, 6.45) is 2.89. The molecule has 1 aromatic carbocycles. The van der Waals surface area contributed by atoms with Crippen LogP contribution in [0.4, 0.5) is 4.39 Å². The van der Waals surface area contributed by atoms with Crippen molar-refractivity contribution in [2.45, 2.75) is 33.1 Å². The summed E-state index contributed by atoms with van der Waals surface area (Å²) in [6, 6.07) is 6.06. The molecule has 27 heavy (non-hydrogen) atoms. The van der Waals surface area contributed by atoms with Gasteiger partial charge in [-0.05, 0) is 42.7 Å². The van der Waals surface area contributed by atoms with Crippen molar-refractivity contribution in [3.63, 3.8) is 0 Å². The highest BCUT2D eigenvalue weighted by atomic mass is 19.1. The Labute approximate surface area is 160 Å². The molecule has 2 atom stereocenters. The third kappa shape index (κ3) is 2.62. The van der Waals surface area contributed by atoms with Gasteiger partial charge < -0.3 is 9.80 Å². The molecule has 1 aromatic rings. The maximum Gasteiger partial charge on any atom is 0.256 e. The van der Waals surface area contributed by atoms with Crippen molar-refractivity contribution < 1.29 is 14.0 Å². The number of carbonyl (C=O) groups is 2. The van der Waals surface area contributed by atoms with Crippen LogP contribution in [0, 0.1) is 22.6 Å². The van der Waals surface area contributed by atoms with Crippen molar-refractivity contribution in [1.82, 2.24) is 9.80 Å². The minimum absolute atomic E-state index is 0.0243. The summed E-state index contributed by atoms with van der Waals surface area (Å²) in [7, 11) is 0. The number of carbonyl (C=O) groups excluding carboxylic acids is 2. The van der Waals surface area contributed by atoms with E-state index in [-0.39, 0.29) is 22.8 Å². The van der Waals surface area contributed by atoms with Crippen LogP contribution in [-0.4, -0.2) is 47.8 Å². The van der Waals surface area contributed by atoms with Gasteiger partial charge >= 0.3 is 0 Å². The Kier molecular flexibility index (Phi) is 4.17. The monoisotopic (exact) mass is 370 g/mol. The first-order valence-corrected chi connectivity index (χ1v) is 9.80. The number of fused-ring (bicyclic) bond motifs is 2. The lowest BCUT2D eigenvalue weighted by Gasteiger charge is -2.42. The lowest BCUT2D eigenvalue weighted by atomic mass is 9.68. The molecule has 1 heterocycles. The number of benzene rings is 1. The zero-order valence-corrected chi connectivity index (χ0v) is 16.1. The standard InChI is InChI=1S/C22H27FN2O2/c1-15-21(2,3)16-8-9-22(15,14-16)20(27)25-12-10-24(11-13-25)19(26)17-6-4-5-7-18(17)23/h4-7,16H,1,8-14H2,2-3H3. The van der Waals surface area contributed by atoms with Gasteiger partial charge in [-0.2, -0.15) is 0 Å². The minimum atomic E-state index is -0.499. The molecule has 5 heteroatoms. The van der Waals surface area contributed by atoms with Crippen LogP contribution in [0.5, 0.6) is 0 Å². The van der Waals surface area contributed by atoms with Gasteiger partial charge in [-0.1, -0.05) is 38.1 Å². The van der Waals surface area contributed by atoms with E-state index in [4.69, 9.17) is 0 Å². The molecule has 1 aliphatic heterocycles. The Morgan fingerprint density at radius 2 is 1.74 bits per heavy atom. The van der Waals surface area contributed by atoms with Crippen LogP contribution in [0.1, 0.15) is 43.5 Å². The van der Waals surface area contributed by atoms with Crippen LogP contribution >= 0.6 is 0 Å². The number of nitrogens with zero attached hydrogens (tertiary/aromatic N) is 2. The van der Waals surface area contributed by atoms with Crippen LogP contribution in [-0.2, 0) is 4.79 Å². The first-order chi connectivity index (χ1) is 12.8. The van der Waals surface area contributed by atoms with Crippen molar-refractivity contribution in [3.8, 4) is 0 Å². The molecule has 0 spiro atoms. The first kappa shape index (κ1) is 18.2. The summed E-state index contributed by atoms with van der Waals surface area (Å²) in [5.41, 5.74) is 0.795. The van der Waals surface area contributed by atoms with Gasteiger partial charge in [-0.25, -0.2) is 4.39 Å². The van der Waals surface area contributed by atoms with Gasteiger partial charge in [-0.15, -0.1) is 0 Å². The lowest BCUT2D eigenvalue weighted by Crippen LogP contribution is -2.54. The van der Waals surface area contributed by atoms with Crippen LogP contribution in [0.15, 0.2) is 36.4 Å². The van der Waals surface area contributed by atoms with E-state index < -0.39 is 11.2 Å². The Morgan fingerprint density at radius 1 is 1.11 bits per heavy atom. The lowest BCUT2D eigenvalue weighted by molar-refractivity contribution is -0.141. The molecule has 0 radical (unpaired) electrons. The SMILES string of the molecule is C=C1C2(C(=O)N3CCN(C(=O)c4ccccc4F)CC3)CCC(C2)C1(C)C. The van der Waals surface area contributed by atoms with Gasteiger partial charge in [0.05, 0.1) is 11.0 Å². The molecule has 0 N–H and O–H groups in total. The summed E-state index contributed by atoms with van der Waals surface area (Å²) in [5, 5.41) is 0. The predicted octanol–water partition coefficient (Wildman–Crippen LogP) is 3.49. The van der Waals surface area contributed by atoms with E-state index in [9.17, 15) is 14.0 Å². The van der Waals surface area contributed by atoms with E-state index in [1.807, 2.05) is 4.90 Å². The van der Waals surface area contributed by atoms with Crippen molar-refractivity contribution in [2.75, 3.05) is 26.2 Å². The number of halogens is 1. The van der Waals surface area contributed by atoms with Crippen LogP contribution in [0.3, 0.4) is 0 Å². The molecule has 3 fully saturated rings. The third-order valence-electron chi connectivity index (χ3n) is 7.26. The molecular weight excluding hydrogens is 343 g/mol. The fourth-order valence-corrected chi connectivity index (χ4v) is 5.34. The maximum absolute atomic E-state index is 13.9. The quantitative estimate of drug-likeness (QED) is 0.748. The third-order valence-corrected chi connectivity index (χ3v) is 7.26. The zero-order valence-electron chi connectivity index (χ0n) is 16.1. The van der Waals surface area contributed by atoms with Gasteiger partial charge in [0.2, 0.25) is 5.91 Å². The Hall–Kier alpha value is -2.17. The Balaban J connectivity index is 1.44. The molecule has 0 aromatic heterocycles. The fraction of sp³-hybridized carbons (Fsp3) is 0.545. The molecule has 3 aliphatic rings. The van der Waals surface area contributed by atoms with Gasteiger partial charge in [0.1, 0.15) is 5.82 Å². The van der Waals surface area contributed by atoms with E-state index in [1.54, 1.807) is 17.0 Å². The number of hydrogen-bond acceptors (Lipinski definition) is 2. The molecule has 2 aliphatic carbocycles. The summed E-state index contributed by atoms with van der Waals surface area (Å²) in [6.45, 7) is 10.6. The van der Waals surface area contributed by atoms with E-state index in [0.29, 0.717) is 32.1 Å². The first-order valence-electron chi connectivity index (χ1n) is 9.80. The normalized spacial score (nSPS) is 29.3. The minimum Gasteiger partial charge on any atom is -0.338 e. The predicted molar refractivity (Wildman–Crippen MR) is 102 cm³/mol. The van der Waals surface area contributed by atoms with Gasteiger partial charge in [0.15, 0.2) is 0 Å². The molecule has 2 bridgehead atoms. The molecule has 2 amide bonds. The zero-order chi connectivity index (χ0) is 19.4. The van der Waals surface area contributed by atoms with Crippen molar-refractivity contribution in [2.24, 2.45) is 16.7 Å². The van der Waals surface area contributed by atoms with Gasteiger partial charge in [0, 0.05) is 26.2 Å². The summed E-state index contributed by atoms with van der Waals surface area (Å²) in [5.74, 6) is -0.0801. The largest absolute Gasteiger partial charge is 0.338 e. The Bertz CT molecular complexity index is 810. The average molecular weight is 370 g/mol. The van der Waals surface area contributed by atoms with Crippen LogP contribution in [0.2, 0.25) is 0 Å². The fourth-order valence-electron chi connectivity index (χ4n) is 5.34.